The molecule has 3 rings (SSSR count). The smallest absolute Gasteiger partial charge is 0.233 e. The minimum absolute atomic E-state index is 0.177. The molecule has 1 amide bonds. The van der Waals surface area contributed by atoms with Gasteiger partial charge in [0.25, 0.3) is 0 Å². The van der Waals surface area contributed by atoms with Gasteiger partial charge in [-0.05, 0) is 51.8 Å². The highest BCUT2D eigenvalue weighted by atomic mass is 32.2. The summed E-state index contributed by atoms with van der Waals surface area (Å²) in [4.78, 5) is 17.0. The third-order valence-electron chi connectivity index (χ3n) is 5.12. The van der Waals surface area contributed by atoms with E-state index in [9.17, 15) is 4.79 Å². The van der Waals surface area contributed by atoms with Crippen molar-refractivity contribution in [3.63, 3.8) is 0 Å². The molecule has 146 valence electrons. The summed E-state index contributed by atoms with van der Waals surface area (Å²) in [6.07, 6.45) is 0. The highest BCUT2D eigenvalue weighted by Crippen LogP contribution is 2.25. The molecule has 0 radical (unpaired) electrons. The number of carbonyl (C=O) groups is 1. The number of aromatic nitrogens is 3. The SMILES string of the molecule is Cc1ccc(C)c(-n2c(C)nnc2SCC(=O)N2CCN(C(C)C)CC2)c1. The summed E-state index contributed by atoms with van der Waals surface area (Å²) in [5, 5.41) is 9.33. The first-order chi connectivity index (χ1) is 12.9. The number of hydrogen-bond acceptors (Lipinski definition) is 5. The van der Waals surface area contributed by atoms with Crippen LogP contribution >= 0.6 is 11.8 Å². The summed E-state index contributed by atoms with van der Waals surface area (Å²) < 4.78 is 2.05. The second-order valence-corrected chi connectivity index (χ2v) is 8.40. The van der Waals surface area contributed by atoms with Gasteiger partial charge < -0.3 is 4.90 Å². The summed E-state index contributed by atoms with van der Waals surface area (Å²) >= 11 is 1.47. The minimum atomic E-state index is 0.177. The zero-order valence-corrected chi connectivity index (χ0v) is 17.7. The molecule has 0 unspecified atom stereocenters. The van der Waals surface area contributed by atoms with Gasteiger partial charge in [0.15, 0.2) is 5.16 Å². The average Bonchev–Trinajstić information content (AvgIpc) is 3.02. The molecule has 27 heavy (non-hydrogen) atoms. The zero-order valence-electron chi connectivity index (χ0n) is 16.9. The maximum atomic E-state index is 12.7. The Kier molecular flexibility index (Phi) is 6.22. The summed E-state index contributed by atoms with van der Waals surface area (Å²) in [6.45, 7) is 14.0. The Bertz CT molecular complexity index is 809. The molecular formula is C20H29N5OS. The number of rotatable bonds is 5. The summed E-state index contributed by atoms with van der Waals surface area (Å²) in [5.74, 6) is 1.41. The molecule has 2 aromatic rings. The molecule has 0 saturated carbocycles. The predicted molar refractivity (Wildman–Crippen MR) is 110 cm³/mol. The van der Waals surface area contributed by atoms with E-state index in [4.69, 9.17) is 0 Å². The first kappa shape index (κ1) is 19.9. The third-order valence-corrected chi connectivity index (χ3v) is 6.04. The standard InChI is InChI=1S/C20H29N5OS/c1-14(2)23-8-10-24(11-9-23)19(26)13-27-20-22-21-17(5)25(20)18-12-15(3)6-7-16(18)4/h6-7,12,14H,8-11,13H2,1-5H3. The predicted octanol–water partition coefficient (Wildman–Crippen LogP) is 2.84. The number of hydrogen-bond donors (Lipinski definition) is 0. The number of amides is 1. The molecule has 6 nitrogen and oxygen atoms in total. The lowest BCUT2D eigenvalue weighted by atomic mass is 10.1. The molecule has 1 saturated heterocycles. The van der Waals surface area contributed by atoms with Crippen LogP contribution in [0.2, 0.25) is 0 Å². The van der Waals surface area contributed by atoms with Crippen LogP contribution in [0.4, 0.5) is 0 Å². The van der Waals surface area contributed by atoms with Gasteiger partial charge in [0, 0.05) is 32.2 Å². The van der Waals surface area contributed by atoms with Crippen LogP contribution in [0.15, 0.2) is 23.4 Å². The van der Waals surface area contributed by atoms with Gasteiger partial charge in [-0.1, -0.05) is 23.9 Å². The van der Waals surface area contributed by atoms with Crippen molar-refractivity contribution in [1.29, 1.82) is 0 Å². The van der Waals surface area contributed by atoms with Crippen LogP contribution < -0.4 is 0 Å². The summed E-state index contributed by atoms with van der Waals surface area (Å²) in [7, 11) is 0. The van der Waals surface area contributed by atoms with E-state index in [-0.39, 0.29) is 5.91 Å². The molecule has 0 atom stereocenters. The van der Waals surface area contributed by atoms with Crippen molar-refractivity contribution in [2.24, 2.45) is 0 Å². The summed E-state index contributed by atoms with van der Waals surface area (Å²) in [5.41, 5.74) is 3.44. The van der Waals surface area contributed by atoms with Gasteiger partial charge in [-0.25, -0.2) is 0 Å². The van der Waals surface area contributed by atoms with Crippen LogP contribution in [-0.2, 0) is 4.79 Å². The molecule has 2 heterocycles. The van der Waals surface area contributed by atoms with Crippen molar-refractivity contribution in [2.45, 2.75) is 45.8 Å². The molecule has 0 spiro atoms. The number of benzene rings is 1. The minimum Gasteiger partial charge on any atom is -0.339 e. The fourth-order valence-electron chi connectivity index (χ4n) is 3.38. The molecule has 1 aromatic heterocycles. The highest BCUT2D eigenvalue weighted by Gasteiger charge is 2.23. The molecule has 1 aromatic carbocycles. The van der Waals surface area contributed by atoms with E-state index in [1.54, 1.807) is 0 Å². The lowest BCUT2D eigenvalue weighted by Crippen LogP contribution is -2.51. The number of thioether (sulfide) groups is 1. The van der Waals surface area contributed by atoms with Crippen molar-refractivity contribution < 1.29 is 4.79 Å². The van der Waals surface area contributed by atoms with E-state index in [1.807, 2.05) is 11.8 Å². The van der Waals surface area contributed by atoms with Crippen molar-refractivity contribution in [1.82, 2.24) is 24.6 Å². The van der Waals surface area contributed by atoms with Crippen molar-refractivity contribution in [3.05, 3.63) is 35.2 Å². The lowest BCUT2D eigenvalue weighted by molar-refractivity contribution is -0.130. The van der Waals surface area contributed by atoms with Gasteiger partial charge in [0.2, 0.25) is 5.91 Å². The van der Waals surface area contributed by atoms with Gasteiger partial charge in [0.1, 0.15) is 5.82 Å². The van der Waals surface area contributed by atoms with E-state index in [0.29, 0.717) is 11.8 Å². The van der Waals surface area contributed by atoms with Gasteiger partial charge in [-0.15, -0.1) is 10.2 Å². The van der Waals surface area contributed by atoms with Gasteiger partial charge in [0.05, 0.1) is 11.4 Å². The number of aryl methyl sites for hydroxylation is 3. The Morgan fingerprint density at radius 3 is 2.48 bits per heavy atom. The average molecular weight is 388 g/mol. The number of piperazine rings is 1. The molecule has 1 fully saturated rings. The maximum absolute atomic E-state index is 12.7. The highest BCUT2D eigenvalue weighted by molar-refractivity contribution is 7.99. The molecule has 7 heteroatoms. The largest absolute Gasteiger partial charge is 0.339 e. The van der Waals surface area contributed by atoms with Gasteiger partial charge in [-0.3, -0.25) is 14.3 Å². The van der Waals surface area contributed by atoms with E-state index >= 15 is 0 Å². The molecule has 0 aliphatic carbocycles. The Labute approximate surface area is 165 Å². The van der Waals surface area contributed by atoms with E-state index in [0.717, 1.165) is 42.8 Å². The lowest BCUT2D eigenvalue weighted by Gasteiger charge is -2.36. The summed E-state index contributed by atoms with van der Waals surface area (Å²) in [6, 6.07) is 6.89. The molecule has 0 N–H and O–H groups in total. The Morgan fingerprint density at radius 1 is 1.11 bits per heavy atom. The van der Waals surface area contributed by atoms with Crippen LogP contribution in [0.3, 0.4) is 0 Å². The molecule has 0 bridgehead atoms. The van der Waals surface area contributed by atoms with Crippen LogP contribution in [0, 0.1) is 20.8 Å². The second kappa shape index (κ2) is 8.44. The zero-order chi connectivity index (χ0) is 19.6. The maximum Gasteiger partial charge on any atom is 0.233 e. The van der Waals surface area contributed by atoms with Crippen molar-refractivity contribution >= 4 is 17.7 Å². The monoisotopic (exact) mass is 387 g/mol. The number of nitrogens with zero attached hydrogens (tertiary/aromatic N) is 5. The van der Waals surface area contributed by atoms with Gasteiger partial charge in [-0.2, -0.15) is 0 Å². The molecule has 1 aliphatic heterocycles. The van der Waals surface area contributed by atoms with E-state index in [1.165, 1.54) is 22.9 Å². The van der Waals surface area contributed by atoms with Crippen LogP contribution in [0.25, 0.3) is 5.69 Å². The number of carbonyl (C=O) groups excluding carboxylic acids is 1. The van der Waals surface area contributed by atoms with E-state index in [2.05, 4.69) is 65.6 Å². The molecule has 1 aliphatic rings. The first-order valence-corrected chi connectivity index (χ1v) is 10.5. The third kappa shape index (κ3) is 4.52. The molecular weight excluding hydrogens is 358 g/mol. The Balaban J connectivity index is 1.67. The fourth-order valence-corrected chi connectivity index (χ4v) is 4.27. The topological polar surface area (TPSA) is 54.3 Å². The van der Waals surface area contributed by atoms with Crippen molar-refractivity contribution in [3.8, 4) is 5.69 Å². The fraction of sp³-hybridized carbons (Fsp3) is 0.550. The van der Waals surface area contributed by atoms with Gasteiger partial charge >= 0.3 is 0 Å². The van der Waals surface area contributed by atoms with Crippen LogP contribution in [0.5, 0.6) is 0 Å². The van der Waals surface area contributed by atoms with Crippen molar-refractivity contribution in [2.75, 3.05) is 31.9 Å². The van der Waals surface area contributed by atoms with Crippen LogP contribution in [0.1, 0.15) is 30.8 Å². The first-order valence-electron chi connectivity index (χ1n) is 9.51. The Hall–Kier alpha value is -1.86. The second-order valence-electron chi connectivity index (χ2n) is 7.45. The normalized spacial score (nSPS) is 15.6. The quantitative estimate of drug-likeness (QED) is 0.739. The van der Waals surface area contributed by atoms with Crippen LogP contribution in [-0.4, -0.2) is 68.4 Å². The van der Waals surface area contributed by atoms with E-state index < -0.39 is 0 Å². The Morgan fingerprint density at radius 2 is 1.81 bits per heavy atom.